The van der Waals surface area contributed by atoms with Crippen molar-refractivity contribution in [2.75, 3.05) is 0 Å². The third-order valence-corrected chi connectivity index (χ3v) is 3.26. The van der Waals surface area contributed by atoms with Crippen molar-refractivity contribution >= 4 is 29.2 Å². The fourth-order valence-electron chi connectivity index (χ4n) is 1.69. The van der Waals surface area contributed by atoms with Gasteiger partial charge in [0, 0.05) is 5.56 Å². The van der Waals surface area contributed by atoms with E-state index in [4.69, 9.17) is 0 Å². The van der Waals surface area contributed by atoms with Gasteiger partial charge in [-0.2, -0.15) is 0 Å². The monoisotopic (exact) mass is 298 g/mol. The molecule has 5 heteroatoms. The van der Waals surface area contributed by atoms with Gasteiger partial charge in [-0.25, -0.2) is 13.2 Å². The Balaban J connectivity index is 2.80. The van der Waals surface area contributed by atoms with Crippen molar-refractivity contribution in [2.24, 2.45) is 0 Å². The summed E-state index contributed by atoms with van der Waals surface area (Å²) in [5.74, 6) is -3.02. The van der Waals surface area contributed by atoms with E-state index < -0.39 is 21.9 Å². The number of rotatable bonds is 1. The lowest BCUT2D eigenvalue weighted by molar-refractivity contribution is 0.493. The summed E-state index contributed by atoms with van der Waals surface area (Å²) in [5, 5.41) is 0. The summed E-state index contributed by atoms with van der Waals surface area (Å²) in [6.07, 6.45) is 0. The third-order valence-electron chi connectivity index (χ3n) is 2.56. The van der Waals surface area contributed by atoms with Crippen molar-refractivity contribution in [3.05, 3.63) is 52.3 Å². The SMILES string of the molecule is Bc1c(F)c(Br)c(F)c(F)c1-c1ccccc1. The van der Waals surface area contributed by atoms with Gasteiger partial charge < -0.3 is 0 Å². The van der Waals surface area contributed by atoms with Crippen LogP contribution in [0.15, 0.2) is 34.8 Å². The molecule has 0 N–H and O–H groups in total. The summed E-state index contributed by atoms with van der Waals surface area (Å²) in [7, 11) is 1.42. The summed E-state index contributed by atoms with van der Waals surface area (Å²) >= 11 is 2.70. The highest BCUT2D eigenvalue weighted by atomic mass is 79.9. The van der Waals surface area contributed by atoms with Gasteiger partial charge in [-0.15, -0.1) is 0 Å². The first-order valence-electron chi connectivity index (χ1n) is 4.92. The van der Waals surface area contributed by atoms with Crippen LogP contribution in [-0.4, -0.2) is 7.85 Å². The van der Waals surface area contributed by atoms with E-state index in [1.165, 1.54) is 7.85 Å². The van der Waals surface area contributed by atoms with Crippen LogP contribution in [-0.2, 0) is 0 Å². The van der Waals surface area contributed by atoms with E-state index in [-0.39, 0.29) is 11.0 Å². The maximum Gasteiger partial charge on any atom is 0.176 e. The van der Waals surface area contributed by atoms with E-state index in [1.807, 2.05) is 0 Å². The molecule has 86 valence electrons. The van der Waals surface area contributed by atoms with E-state index in [9.17, 15) is 13.2 Å². The molecule has 0 nitrogen and oxygen atoms in total. The molecular formula is C12H7BBrF3. The second kappa shape index (κ2) is 4.57. The number of hydrogen-bond donors (Lipinski definition) is 0. The van der Waals surface area contributed by atoms with Crippen LogP contribution in [0.1, 0.15) is 0 Å². The fraction of sp³-hybridized carbons (Fsp3) is 0. The van der Waals surface area contributed by atoms with Crippen LogP contribution < -0.4 is 5.46 Å². The van der Waals surface area contributed by atoms with Gasteiger partial charge in [0.25, 0.3) is 0 Å². The summed E-state index contributed by atoms with van der Waals surface area (Å²) in [4.78, 5) is 0. The van der Waals surface area contributed by atoms with Crippen LogP contribution in [0.2, 0.25) is 0 Å². The molecule has 0 atom stereocenters. The van der Waals surface area contributed by atoms with E-state index in [0.29, 0.717) is 5.56 Å². The predicted octanol–water partition coefficient (Wildman–Crippen LogP) is 2.79. The molecule has 0 heterocycles. The molecule has 0 spiro atoms. The molecule has 2 rings (SSSR count). The maximum absolute atomic E-state index is 13.8. The smallest absolute Gasteiger partial charge is 0.176 e. The Morgan fingerprint density at radius 2 is 1.47 bits per heavy atom. The molecule has 0 fully saturated rings. The van der Waals surface area contributed by atoms with Crippen LogP contribution in [0.3, 0.4) is 0 Å². The normalized spacial score (nSPS) is 10.6. The number of halogens is 4. The van der Waals surface area contributed by atoms with Crippen LogP contribution in [0.4, 0.5) is 13.2 Å². The van der Waals surface area contributed by atoms with E-state index >= 15 is 0 Å². The van der Waals surface area contributed by atoms with Gasteiger partial charge in [0.2, 0.25) is 0 Å². The van der Waals surface area contributed by atoms with Crippen molar-refractivity contribution in [2.45, 2.75) is 0 Å². The van der Waals surface area contributed by atoms with Crippen molar-refractivity contribution in [3.8, 4) is 11.1 Å². The van der Waals surface area contributed by atoms with Crippen LogP contribution >= 0.6 is 15.9 Å². The molecule has 0 unspecified atom stereocenters. The molecule has 2 aromatic rings. The van der Waals surface area contributed by atoms with E-state index in [0.717, 1.165) is 0 Å². The van der Waals surface area contributed by atoms with Gasteiger partial charge in [0.15, 0.2) is 11.6 Å². The van der Waals surface area contributed by atoms with Gasteiger partial charge >= 0.3 is 0 Å². The lowest BCUT2D eigenvalue weighted by Crippen LogP contribution is -2.17. The Kier molecular flexibility index (Phi) is 3.29. The third kappa shape index (κ3) is 1.99. The lowest BCUT2D eigenvalue weighted by Gasteiger charge is -2.11. The van der Waals surface area contributed by atoms with Gasteiger partial charge in [0.05, 0.1) is 4.47 Å². The molecule has 0 amide bonds. The van der Waals surface area contributed by atoms with Gasteiger partial charge in [-0.05, 0) is 27.0 Å². The average Bonchev–Trinajstić information content (AvgIpc) is 2.36. The second-order valence-electron chi connectivity index (χ2n) is 3.62. The fourth-order valence-corrected chi connectivity index (χ4v) is 2.16. The Bertz CT molecular complexity index is 541. The zero-order chi connectivity index (χ0) is 12.6. The number of hydrogen-bond acceptors (Lipinski definition) is 0. The minimum Gasteiger partial charge on any atom is -0.206 e. The van der Waals surface area contributed by atoms with Crippen molar-refractivity contribution in [1.82, 2.24) is 0 Å². The van der Waals surface area contributed by atoms with Crippen LogP contribution in [0, 0.1) is 17.5 Å². The first-order chi connectivity index (χ1) is 8.04. The van der Waals surface area contributed by atoms with Gasteiger partial charge in [-0.3, -0.25) is 0 Å². The first-order valence-corrected chi connectivity index (χ1v) is 5.71. The van der Waals surface area contributed by atoms with Crippen LogP contribution in [0.25, 0.3) is 11.1 Å². The molecule has 17 heavy (non-hydrogen) atoms. The lowest BCUT2D eigenvalue weighted by atomic mass is 9.86. The minimum atomic E-state index is -1.20. The summed E-state index contributed by atoms with van der Waals surface area (Å²) < 4.78 is 40.5. The standard InChI is InChI=1S/C12H7BBrF3/c13-8-7(6-4-2-1-3-5-6)10(15)12(17)9(14)11(8)16/h1-5H,13H2. The van der Waals surface area contributed by atoms with Crippen molar-refractivity contribution in [1.29, 1.82) is 0 Å². The molecule has 0 saturated heterocycles. The highest BCUT2D eigenvalue weighted by Crippen LogP contribution is 2.28. The zero-order valence-corrected chi connectivity index (χ0v) is 10.5. The average molecular weight is 299 g/mol. The molecule has 0 aromatic heterocycles. The largest absolute Gasteiger partial charge is 0.206 e. The Morgan fingerprint density at radius 1 is 0.882 bits per heavy atom. The zero-order valence-electron chi connectivity index (χ0n) is 8.90. The van der Waals surface area contributed by atoms with E-state index in [1.54, 1.807) is 30.3 Å². The molecule has 0 radical (unpaired) electrons. The molecule has 2 aromatic carbocycles. The van der Waals surface area contributed by atoms with Crippen molar-refractivity contribution < 1.29 is 13.2 Å². The van der Waals surface area contributed by atoms with Crippen LogP contribution in [0.5, 0.6) is 0 Å². The Morgan fingerprint density at radius 3 is 2.06 bits per heavy atom. The van der Waals surface area contributed by atoms with Gasteiger partial charge in [0.1, 0.15) is 13.7 Å². The predicted molar refractivity (Wildman–Crippen MR) is 67.6 cm³/mol. The summed E-state index contributed by atoms with van der Waals surface area (Å²) in [6, 6.07) is 8.34. The topological polar surface area (TPSA) is 0 Å². The summed E-state index contributed by atoms with van der Waals surface area (Å²) in [5.41, 5.74) is 0.499. The molecule has 0 aliphatic carbocycles. The molecular weight excluding hydrogens is 292 g/mol. The van der Waals surface area contributed by atoms with Gasteiger partial charge in [-0.1, -0.05) is 30.3 Å². The Labute approximate surface area is 106 Å². The Hall–Kier alpha value is -1.23. The molecule has 0 aliphatic heterocycles. The summed E-state index contributed by atoms with van der Waals surface area (Å²) in [6.45, 7) is 0. The second-order valence-corrected chi connectivity index (χ2v) is 4.41. The molecule has 0 bridgehead atoms. The minimum absolute atomic E-state index is 0.0381. The van der Waals surface area contributed by atoms with E-state index in [2.05, 4.69) is 15.9 Å². The molecule has 0 saturated carbocycles. The quantitative estimate of drug-likeness (QED) is 0.431. The highest BCUT2D eigenvalue weighted by Gasteiger charge is 2.21. The number of benzene rings is 2. The molecule has 0 aliphatic rings. The highest BCUT2D eigenvalue weighted by molar-refractivity contribution is 9.10. The van der Waals surface area contributed by atoms with Crippen molar-refractivity contribution in [3.63, 3.8) is 0 Å². The maximum atomic E-state index is 13.8. The first kappa shape index (κ1) is 12.2.